The molecule has 1 N–H and O–H groups in total. The van der Waals surface area contributed by atoms with Crippen LogP contribution in [0.1, 0.15) is 37.7 Å². The second kappa shape index (κ2) is 6.33. The highest BCUT2D eigenvalue weighted by Gasteiger charge is 2.16. The zero-order valence-corrected chi connectivity index (χ0v) is 10.1. The summed E-state index contributed by atoms with van der Waals surface area (Å²) in [4.78, 5) is 11.3. The number of carbonyl (C=O) groups excluding carboxylic acids is 1. The first-order valence-corrected chi connectivity index (χ1v) is 5.74. The predicted octanol–water partition coefficient (Wildman–Crippen LogP) is 2.98. The maximum Gasteiger partial charge on any atom is 0.220 e. The van der Waals surface area contributed by atoms with E-state index in [9.17, 15) is 13.6 Å². The lowest BCUT2D eigenvalue weighted by Crippen LogP contribution is -2.20. The maximum absolute atomic E-state index is 13.1. The molecule has 1 amide bonds. The fourth-order valence-electron chi connectivity index (χ4n) is 1.83. The number of halogens is 2. The number of hydrogen-bond acceptors (Lipinski definition) is 1. The van der Waals surface area contributed by atoms with Gasteiger partial charge in [-0.15, -0.1) is 0 Å². The standard InChI is InChI=1S/C13H17F2NO/c1-3-4-9(8-13(17)16-2)10-5-6-11(14)12(15)7-10/h5-7,9H,3-4,8H2,1-2H3,(H,16,17). The Labute approximate surface area is 100 Å². The van der Waals surface area contributed by atoms with Gasteiger partial charge in [0.25, 0.3) is 0 Å². The molecule has 0 saturated heterocycles. The Morgan fingerprint density at radius 2 is 2.06 bits per heavy atom. The Morgan fingerprint density at radius 3 is 2.59 bits per heavy atom. The summed E-state index contributed by atoms with van der Waals surface area (Å²) >= 11 is 0. The third kappa shape index (κ3) is 3.80. The van der Waals surface area contributed by atoms with Gasteiger partial charge in [0.2, 0.25) is 5.91 Å². The topological polar surface area (TPSA) is 29.1 Å². The number of amides is 1. The van der Waals surface area contributed by atoms with E-state index in [1.807, 2.05) is 6.92 Å². The summed E-state index contributed by atoms with van der Waals surface area (Å²) in [6, 6.07) is 3.83. The van der Waals surface area contributed by atoms with E-state index in [-0.39, 0.29) is 11.8 Å². The number of rotatable bonds is 5. The van der Waals surface area contributed by atoms with Crippen LogP contribution in [0.3, 0.4) is 0 Å². The molecule has 0 aromatic heterocycles. The summed E-state index contributed by atoms with van der Waals surface area (Å²) < 4.78 is 25.9. The van der Waals surface area contributed by atoms with Crippen LogP contribution in [0.5, 0.6) is 0 Å². The van der Waals surface area contributed by atoms with E-state index in [4.69, 9.17) is 0 Å². The largest absolute Gasteiger partial charge is 0.359 e. The Morgan fingerprint density at radius 1 is 1.35 bits per heavy atom. The highest BCUT2D eigenvalue weighted by Crippen LogP contribution is 2.26. The van der Waals surface area contributed by atoms with E-state index in [1.165, 1.54) is 6.07 Å². The molecule has 1 atom stereocenters. The summed E-state index contributed by atoms with van der Waals surface area (Å²) in [6.07, 6.45) is 1.97. The molecule has 0 aliphatic heterocycles. The summed E-state index contributed by atoms with van der Waals surface area (Å²) in [7, 11) is 1.57. The van der Waals surface area contributed by atoms with Gasteiger partial charge in [0, 0.05) is 13.5 Å². The molecule has 1 aromatic carbocycles. The van der Waals surface area contributed by atoms with E-state index < -0.39 is 11.6 Å². The molecule has 4 heteroatoms. The molecule has 0 fully saturated rings. The molecule has 1 unspecified atom stereocenters. The molecule has 1 aromatic rings. The number of hydrogen-bond donors (Lipinski definition) is 1. The Bertz CT molecular complexity index is 393. The molecule has 1 rings (SSSR count). The Kier molecular flexibility index (Phi) is 5.07. The van der Waals surface area contributed by atoms with Crippen LogP contribution in [0.2, 0.25) is 0 Å². The second-order valence-corrected chi connectivity index (χ2v) is 4.04. The van der Waals surface area contributed by atoms with Gasteiger partial charge in [0.1, 0.15) is 0 Å². The summed E-state index contributed by atoms with van der Waals surface area (Å²) in [5.74, 6) is -1.87. The first-order valence-electron chi connectivity index (χ1n) is 5.74. The Hall–Kier alpha value is -1.45. The minimum absolute atomic E-state index is 0.0601. The molecule has 0 spiro atoms. The fraction of sp³-hybridized carbons (Fsp3) is 0.462. The molecule has 0 heterocycles. The highest BCUT2D eigenvalue weighted by atomic mass is 19.2. The summed E-state index contributed by atoms with van der Waals surface area (Å²) in [6.45, 7) is 2.00. The van der Waals surface area contributed by atoms with E-state index in [1.54, 1.807) is 13.1 Å². The normalized spacial score (nSPS) is 12.2. The lowest BCUT2D eigenvalue weighted by molar-refractivity contribution is -0.121. The van der Waals surface area contributed by atoms with Gasteiger partial charge in [0.15, 0.2) is 11.6 Å². The van der Waals surface area contributed by atoms with Gasteiger partial charge in [-0.2, -0.15) is 0 Å². The summed E-state index contributed by atoms with van der Waals surface area (Å²) in [5.41, 5.74) is 0.675. The fourth-order valence-corrected chi connectivity index (χ4v) is 1.83. The third-order valence-electron chi connectivity index (χ3n) is 2.76. The van der Waals surface area contributed by atoms with Crippen molar-refractivity contribution in [3.05, 3.63) is 35.4 Å². The van der Waals surface area contributed by atoms with Crippen LogP contribution in [0, 0.1) is 11.6 Å². The first kappa shape index (κ1) is 13.6. The van der Waals surface area contributed by atoms with Crippen LogP contribution in [-0.2, 0) is 4.79 Å². The highest BCUT2D eigenvalue weighted by molar-refractivity contribution is 5.76. The van der Waals surface area contributed by atoms with Gasteiger partial charge in [0.05, 0.1) is 0 Å². The van der Waals surface area contributed by atoms with Crippen molar-refractivity contribution in [1.82, 2.24) is 5.32 Å². The van der Waals surface area contributed by atoms with Crippen molar-refractivity contribution in [3.8, 4) is 0 Å². The van der Waals surface area contributed by atoms with E-state index in [0.717, 1.165) is 18.9 Å². The second-order valence-electron chi connectivity index (χ2n) is 4.04. The van der Waals surface area contributed by atoms with Crippen molar-refractivity contribution in [1.29, 1.82) is 0 Å². The average Bonchev–Trinajstić information content (AvgIpc) is 2.32. The van der Waals surface area contributed by atoms with E-state index >= 15 is 0 Å². The van der Waals surface area contributed by atoms with E-state index in [2.05, 4.69) is 5.32 Å². The van der Waals surface area contributed by atoms with Crippen LogP contribution in [0.15, 0.2) is 18.2 Å². The quantitative estimate of drug-likeness (QED) is 0.843. The molecular formula is C13H17F2NO. The average molecular weight is 241 g/mol. The van der Waals surface area contributed by atoms with Gasteiger partial charge in [-0.1, -0.05) is 19.4 Å². The molecule has 94 valence electrons. The van der Waals surface area contributed by atoms with Crippen molar-refractivity contribution in [3.63, 3.8) is 0 Å². The van der Waals surface area contributed by atoms with Crippen molar-refractivity contribution in [2.45, 2.75) is 32.1 Å². The lowest BCUT2D eigenvalue weighted by Gasteiger charge is -2.15. The SMILES string of the molecule is CCCC(CC(=O)NC)c1ccc(F)c(F)c1. The van der Waals surface area contributed by atoms with Crippen molar-refractivity contribution in [2.24, 2.45) is 0 Å². The molecule has 0 radical (unpaired) electrons. The minimum Gasteiger partial charge on any atom is -0.359 e. The van der Waals surface area contributed by atoms with Gasteiger partial charge in [-0.25, -0.2) is 8.78 Å². The molecule has 0 aliphatic rings. The van der Waals surface area contributed by atoms with Crippen LogP contribution in [-0.4, -0.2) is 13.0 Å². The molecule has 0 bridgehead atoms. The van der Waals surface area contributed by atoms with Crippen molar-refractivity contribution >= 4 is 5.91 Å². The van der Waals surface area contributed by atoms with Crippen LogP contribution in [0.25, 0.3) is 0 Å². The molecule has 17 heavy (non-hydrogen) atoms. The van der Waals surface area contributed by atoms with Crippen molar-refractivity contribution < 1.29 is 13.6 Å². The van der Waals surface area contributed by atoms with Crippen LogP contribution in [0.4, 0.5) is 8.78 Å². The minimum atomic E-state index is -0.861. The summed E-state index contributed by atoms with van der Waals surface area (Å²) in [5, 5.41) is 2.54. The monoisotopic (exact) mass is 241 g/mol. The zero-order chi connectivity index (χ0) is 12.8. The van der Waals surface area contributed by atoms with Gasteiger partial charge in [-0.05, 0) is 30.0 Å². The molecular weight excluding hydrogens is 224 g/mol. The smallest absolute Gasteiger partial charge is 0.220 e. The molecule has 2 nitrogen and oxygen atoms in total. The maximum atomic E-state index is 13.1. The predicted molar refractivity (Wildman–Crippen MR) is 62.7 cm³/mol. The molecule has 0 aliphatic carbocycles. The van der Waals surface area contributed by atoms with Crippen molar-refractivity contribution in [2.75, 3.05) is 7.05 Å². The number of nitrogens with one attached hydrogen (secondary N) is 1. The Balaban J connectivity index is 2.88. The third-order valence-corrected chi connectivity index (χ3v) is 2.76. The lowest BCUT2D eigenvalue weighted by atomic mass is 9.91. The van der Waals surface area contributed by atoms with Crippen LogP contribution >= 0.6 is 0 Å². The number of carbonyl (C=O) groups is 1. The zero-order valence-electron chi connectivity index (χ0n) is 10.1. The number of benzene rings is 1. The van der Waals surface area contributed by atoms with Gasteiger partial charge >= 0.3 is 0 Å². The van der Waals surface area contributed by atoms with E-state index in [0.29, 0.717) is 12.0 Å². The van der Waals surface area contributed by atoms with Crippen LogP contribution < -0.4 is 5.32 Å². The molecule has 0 saturated carbocycles. The van der Waals surface area contributed by atoms with Gasteiger partial charge < -0.3 is 5.32 Å². The first-order chi connectivity index (χ1) is 8.08. The van der Waals surface area contributed by atoms with Gasteiger partial charge in [-0.3, -0.25) is 4.79 Å².